The smallest absolute Gasteiger partial charge is 0.261 e. The molecule has 1 aromatic carbocycles. The Hall–Kier alpha value is -2.41. The van der Waals surface area contributed by atoms with E-state index in [0.717, 1.165) is 5.56 Å². The van der Waals surface area contributed by atoms with Crippen molar-refractivity contribution in [2.24, 2.45) is 0 Å². The zero-order valence-corrected chi connectivity index (χ0v) is 12.2. The fourth-order valence-corrected chi connectivity index (χ4v) is 2.69. The van der Waals surface area contributed by atoms with E-state index in [-0.39, 0.29) is 10.8 Å². The fraction of sp³-hybridized carbons (Fsp3) is 0.143. The standard InChI is InChI=1S/C14H15N3O3S/c1-11(18)16-9-12-4-6-14(7-5-12)21(19,20)17-13-3-2-8-15-10-13/h2-8,10,17H,9H2,1H3,(H,16,18). The Labute approximate surface area is 123 Å². The Morgan fingerprint density at radius 1 is 1.19 bits per heavy atom. The van der Waals surface area contributed by atoms with Gasteiger partial charge in [0, 0.05) is 19.7 Å². The van der Waals surface area contributed by atoms with Gasteiger partial charge in [-0.05, 0) is 29.8 Å². The highest BCUT2D eigenvalue weighted by Crippen LogP contribution is 2.15. The lowest BCUT2D eigenvalue weighted by Crippen LogP contribution is -2.19. The van der Waals surface area contributed by atoms with Crippen LogP contribution >= 0.6 is 0 Å². The van der Waals surface area contributed by atoms with Crippen molar-refractivity contribution < 1.29 is 13.2 Å². The third-order valence-corrected chi connectivity index (χ3v) is 4.09. The Kier molecular flexibility index (Phi) is 4.54. The van der Waals surface area contributed by atoms with E-state index in [1.54, 1.807) is 30.5 Å². The first-order valence-corrected chi connectivity index (χ1v) is 7.72. The third-order valence-electron chi connectivity index (χ3n) is 2.69. The van der Waals surface area contributed by atoms with Crippen LogP contribution < -0.4 is 10.0 Å². The molecule has 0 unspecified atom stereocenters. The molecule has 110 valence electrons. The first kappa shape index (κ1) is 15.0. The second-order valence-corrected chi connectivity index (χ2v) is 6.08. The molecule has 0 saturated carbocycles. The normalized spacial score (nSPS) is 10.9. The number of anilines is 1. The van der Waals surface area contributed by atoms with Crippen LogP contribution in [0.5, 0.6) is 0 Å². The molecule has 1 aromatic heterocycles. The van der Waals surface area contributed by atoms with Crippen LogP contribution in [0.15, 0.2) is 53.7 Å². The molecule has 2 rings (SSSR count). The number of nitrogens with one attached hydrogen (secondary N) is 2. The van der Waals surface area contributed by atoms with E-state index in [1.165, 1.54) is 25.3 Å². The van der Waals surface area contributed by atoms with Crippen LogP contribution in [0.4, 0.5) is 5.69 Å². The summed E-state index contributed by atoms with van der Waals surface area (Å²) in [6.07, 6.45) is 3.00. The summed E-state index contributed by atoms with van der Waals surface area (Å²) < 4.78 is 26.8. The van der Waals surface area contributed by atoms with E-state index in [4.69, 9.17) is 0 Å². The molecule has 2 N–H and O–H groups in total. The minimum Gasteiger partial charge on any atom is -0.352 e. The van der Waals surface area contributed by atoms with Crippen molar-refractivity contribution in [3.8, 4) is 0 Å². The topological polar surface area (TPSA) is 88.2 Å². The molecule has 21 heavy (non-hydrogen) atoms. The second-order valence-electron chi connectivity index (χ2n) is 4.40. The quantitative estimate of drug-likeness (QED) is 0.876. The molecule has 0 aliphatic carbocycles. The summed E-state index contributed by atoms with van der Waals surface area (Å²) in [5.41, 5.74) is 1.23. The Balaban J connectivity index is 2.12. The molecule has 0 atom stereocenters. The molecule has 0 spiro atoms. The summed E-state index contributed by atoms with van der Waals surface area (Å²) in [4.78, 5) is 14.8. The molecule has 0 radical (unpaired) electrons. The Bertz CT molecular complexity index is 713. The number of amides is 1. The highest BCUT2D eigenvalue weighted by atomic mass is 32.2. The van der Waals surface area contributed by atoms with E-state index in [2.05, 4.69) is 15.0 Å². The summed E-state index contributed by atoms with van der Waals surface area (Å²) in [7, 11) is -3.64. The van der Waals surface area contributed by atoms with Gasteiger partial charge in [-0.25, -0.2) is 8.42 Å². The average Bonchev–Trinajstić information content (AvgIpc) is 2.46. The maximum Gasteiger partial charge on any atom is 0.261 e. The third kappa shape index (κ3) is 4.28. The van der Waals surface area contributed by atoms with Gasteiger partial charge < -0.3 is 5.32 Å². The van der Waals surface area contributed by atoms with Gasteiger partial charge in [0.15, 0.2) is 0 Å². The van der Waals surface area contributed by atoms with Gasteiger partial charge in [-0.2, -0.15) is 0 Å². The van der Waals surface area contributed by atoms with Crippen molar-refractivity contribution in [1.29, 1.82) is 0 Å². The van der Waals surface area contributed by atoms with Gasteiger partial charge in [-0.3, -0.25) is 14.5 Å². The highest BCUT2D eigenvalue weighted by Gasteiger charge is 2.13. The lowest BCUT2D eigenvalue weighted by molar-refractivity contribution is -0.119. The van der Waals surface area contributed by atoms with Gasteiger partial charge in [-0.1, -0.05) is 12.1 Å². The maximum atomic E-state index is 12.2. The molecular formula is C14H15N3O3S. The van der Waals surface area contributed by atoms with Crippen LogP contribution in [0, 0.1) is 0 Å². The SMILES string of the molecule is CC(=O)NCc1ccc(S(=O)(=O)Nc2cccnc2)cc1. The molecule has 0 bridgehead atoms. The molecular weight excluding hydrogens is 290 g/mol. The van der Waals surface area contributed by atoms with Crippen molar-refractivity contribution in [3.63, 3.8) is 0 Å². The summed E-state index contributed by atoms with van der Waals surface area (Å²) in [6, 6.07) is 9.58. The monoisotopic (exact) mass is 305 g/mol. The second kappa shape index (κ2) is 6.36. The number of hydrogen-bond acceptors (Lipinski definition) is 4. The van der Waals surface area contributed by atoms with Crippen molar-refractivity contribution in [2.45, 2.75) is 18.4 Å². The zero-order chi connectivity index (χ0) is 15.3. The maximum absolute atomic E-state index is 12.2. The number of pyridine rings is 1. The van der Waals surface area contributed by atoms with Crippen LogP contribution in [0.3, 0.4) is 0 Å². The van der Waals surface area contributed by atoms with E-state index < -0.39 is 10.0 Å². The molecule has 0 fully saturated rings. The Morgan fingerprint density at radius 2 is 1.90 bits per heavy atom. The summed E-state index contributed by atoms with van der Waals surface area (Å²) in [5, 5.41) is 2.65. The summed E-state index contributed by atoms with van der Waals surface area (Å²) >= 11 is 0. The number of hydrogen-bond donors (Lipinski definition) is 2. The zero-order valence-electron chi connectivity index (χ0n) is 11.4. The number of benzene rings is 1. The molecule has 7 heteroatoms. The van der Waals surface area contributed by atoms with Crippen molar-refractivity contribution in [3.05, 3.63) is 54.4 Å². The lowest BCUT2D eigenvalue weighted by atomic mass is 10.2. The predicted octanol–water partition coefficient (Wildman–Crippen LogP) is 1.52. The van der Waals surface area contributed by atoms with Crippen LogP contribution in [-0.4, -0.2) is 19.3 Å². The molecule has 1 amide bonds. The van der Waals surface area contributed by atoms with Crippen molar-refractivity contribution >= 4 is 21.6 Å². The number of nitrogens with zero attached hydrogens (tertiary/aromatic N) is 1. The minimum absolute atomic E-state index is 0.134. The van der Waals surface area contributed by atoms with Gasteiger partial charge in [0.25, 0.3) is 10.0 Å². The summed E-state index contributed by atoms with van der Waals surface area (Å²) in [6.45, 7) is 1.79. The average molecular weight is 305 g/mol. The van der Waals surface area contributed by atoms with Crippen LogP contribution in [-0.2, 0) is 21.4 Å². The number of rotatable bonds is 5. The van der Waals surface area contributed by atoms with E-state index in [0.29, 0.717) is 12.2 Å². The van der Waals surface area contributed by atoms with Gasteiger partial charge in [0.05, 0.1) is 16.8 Å². The van der Waals surface area contributed by atoms with Gasteiger partial charge in [-0.15, -0.1) is 0 Å². The molecule has 6 nitrogen and oxygen atoms in total. The van der Waals surface area contributed by atoms with Crippen LogP contribution in [0.1, 0.15) is 12.5 Å². The van der Waals surface area contributed by atoms with Crippen molar-refractivity contribution in [2.75, 3.05) is 4.72 Å². The van der Waals surface area contributed by atoms with Gasteiger partial charge in [0.1, 0.15) is 0 Å². The van der Waals surface area contributed by atoms with E-state index >= 15 is 0 Å². The summed E-state index contributed by atoms with van der Waals surface area (Å²) in [5.74, 6) is -0.134. The first-order chi connectivity index (χ1) is 9.97. The molecule has 0 aliphatic rings. The number of sulfonamides is 1. The van der Waals surface area contributed by atoms with E-state index in [1.807, 2.05) is 0 Å². The molecule has 1 heterocycles. The molecule has 0 saturated heterocycles. The highest BCUT2D eigenvalue weighted by molar-refractivity contribution is 7.92. The van der Waals surface area contributed by atoms with Crippen LogP contribution in [0.25, 0.3) is 0 Å². The number of aromatic nitrogens is 1. The first-order valence-electron chi connectivity index (χ1n) is 6.23. The number of carbonyl (C=O) groups is 1. The Morgan fingerprint density at radius 3 is 2.48 bits per heavy atom. The largest absolute Gasteiger partial charge is 0.352 e. The van der Waals surface area contributed by atoms with E-state index in [9.17, 15) is 13.2 Å². The lowest BCUT2D eigenvalue weighted by Gasteiger charge is -2.08. The van der Waals surface area contributed by atoms with Crippen molar-refractivity contribution in [1.82, 2.24) is 10.3 Å². The predicted molar refractivity (Wildman–Crippen MR) is 79.0 cm³/mol. The van der Waals surface area contributed by atoms with Gasteiger partial charge >= 0.3 is 0 Å². The number of carbonyl (C=O) groups excluding carboxylic acids is 1. The van der Waals surface area contributed by atoms with Crippen LogP contribution in [0.2, 0.25) is 0 Å². The fourth-order valence-electron chi connectivity index (χ4n) is 1.65. The molecule has 0 aliphatic heterocycles. The minimum atomic E-state index is -3.64. The molecule has 2 aromatic rings. The van der Waals surface area contributed by atoms with Gasteiger partial charge in [0.2, 0.25) is 5.91 Å².